The number of thiophene rings is 1. The summed E-state index contributed by atoms with van der Waals surface area (Å²) in [7, 11) is 0. The molecule has 0 amide bonds. The molecule has 0 spiro atoms. The second kappa shape index (κ2) is 17.7. The van der Waals surface area contributed by atoms with E-state index in [1.54, 1.807) is 0 Å². The SMILES string of the molecule is c1ccc(-c2cc(-c3ccccc3)c3c(c2)sc2ccc(-c4ccc(N(c5ccccc5)c5ccc(N(c6ccccc6)c6ccc7oc8cc9oc%10ccccc%10c9cc8c7c6)c6oc7ccccc7c56)cc4)cc23)cc1. The van der Waals surface area contributed by atoms with Crippen molar-refractivity contribution in [3.8, 4) is 33.4 Å². The maximum absolute atomic E-state index is 7.10. The number of para-hydroxylation sites is 4. The monoisotopic (exact) mass is 1020 g/mol. The number of nitrogens with zero attached hydrogens (tertiary/aromatic N) is 2. The van der Waals surface area contributed by atoms with Crippen molar-refractivity contribution >= 4 is 131 Å². The maximum atomic E-state index is 7.10. The Hall–Kier alpha value is -10.1. The van der Waals surface area contributed by atoms with Gasteiger partial charge in [0.1, 0.15) is 27.9 Å². The van der Waals surface area contributed by atoms with Crippen LogP contribution in [0.25, 0.3) is 119 Å². The van der Waals surface area contributed by atoms with E-state index < -0.39 is 0 Å². The third-order valence-corrected chi connectivity index (χ3v) is 16.5. The molecule has 0 fully saturated rings. The van der Waals surface area contributed by atoms with Gasteiger partial charge in [-0.25, -0.2) is 0 Å². The van der Waals surface area contributed by atoms with Crippen molar-refractivity contribution in [2.75, 3.05) is 9.80 Å². The van der Waals surface area contributed by atoms with Crippen LogP contribution in [-0.2, 0) is 0 Å². The number of hydrogen-bond donors (Lipinski definition) is 0. The zero-order valence-electron chi connectivity index (χ0n) is 41.9. The molecule has 366 valence electrons. The van der Waals surface area contributed by atoms with Gasteiger partial charge in [-0.15, -0.1) is 11.3 Å². The molecule has 0 saturated heterocycles. The number of benzene rings is 12. The van der Waals surface area contributed by atoms with E-state index in [1.807, 2.05) is 35.6 Å². The third-order valence-electron chi connectivity index (χ3n) is 15.4. The molecule has 5 nitrogen and oxygen atoms in total. The number of furan rings is 3. The Morgan fingerprint density at radius 1 is 0.256 bits per heavy atom. The van der Waals surface area contributed by atoms with Gasteiger partial charge in [-0.2, -0.15) is 0 Å². The fraction of sp³-hybridized carbons (Fsp3) is 0. The zero-order valence-corrected chi connectivity index (χ0v) is 42.7. The first-order valence-electron chi connectivity index (χ1n) is 26.3. The normalized spacial score (nSPS) is 11.8. The molecule has 6 heteroatoms. The fourth-order valence-corrected chi connectivity index (χ4v) is 13.0. The lowest BCUT2D eigenvalue weighted by atomic mass is 9.94. The Kier molecular flexibility index (Phi) is 10.0. The molecular weight excluding hydrogens is 973 g/mol. The molecule has 0 radical (unpaired) electrons. The van der Waals surface area contributed by atoms with Crippen LogP contribution in [0.4, 0.5) is 34.1 Å². The zero-order chi connectivity index (χ0) is 51.3. The van der Waals surface area contributed by atoms with Crippen LogP contribution in [0.2, 0.25) is 0 Å². The average Bonchev–Trinajstić information content (AvgIpc) is 4.46. The highest BCUT2D eigenvalue weighted by Crippen LogP contribution is 2.50. The summed E-state index contributed by atoms with van der Waals surface area (Å²) in [6, 6.07) is 95.2. The lowest BCUT2D eigenvalue weighted by Crippen LogP contribution is -2.13. The molecule has 16 aromatic rings. The highest BCUT2D eigenvalue weighted by atomic mass is 32.1. The first-order chi connectivity index (χ1) is 38.6. The maximum Gasteiger partial charge on any atom is 0.161 e. The minimum Gasteiger partial charge on any atom is -0.456 e. The van der Waals surface area contributed by atoms with E-state index in [4.69, 9.17) is 13.3 Å². The second-order valence-corrected chi connectivity index (χ2v) is 21.0. The lowest BCUT2D eigenvalue weighted by Gasteiger charge is -2.29. The molecule has 0 aliphatic carbocycles. The Bertz CT molecular complexity index is 4960. The molecule has 16 rings (SSSR count). The number of anilines is 6. The Morgan fingerprint density at radius 3 is 1.50 bits per heavy atom. The van der Waals surface area contributed by atoms with E-state index in [1.165, 1.54) is 48.0 Å². The largest absolute Gasteiger partial charge is 0.456 e. The van der Waals surface area contributed by atoms with Crippen LogP contribution in [0, 0.1) is 0 Å². The van der Waals surface area contributed by atoms with Gasteiger partial charge in [-0.3, -0.25) is 0 Å². The minimum atomic E-state index is 0.779. The average molecular weight is 1020 g/mol. The number of fused-ring (bicyclic) bond motifs is 12. The molecule has 0 bridgehead atoms. The summed E-state index contributed by atoms with van der Waals surface area (Å²) in [5.74, 6) is 0. The molecule has 0 N–H and O–H groups in total. The molecule has 0 aliphatic rings. The van der Waals surface area contributed by atoms with E-state index in [-0.39, 0.29) is 0 Å². The van der Waals surface area contributed by atoms with Gasteiger partial charge < -0.3 is 23.1 Å². The molecule has 0 aliphatic heterocycles. The summed E-state index contributed by atoms with van der Waals surface area (Å²) in [4.78, 5) is 4.67. The standard InChI is InChI=1S/C72H44N2O3S/c1-5-17-45(18-6-1)49-40-56(47-19-7-2-8-20-47)70-60-39-48(31-38-68(60)78-69(70)41-49)46-29-32-52(33-30-46)73(50-21-9-3-10-22-50)61-35-36-62(72-71(61)55-26-14-16-28-64(55)77-72)74(51-23-11-4-12-24-51)53-34-37-65-57(42-53)59-43-58-54-25-13-15-27-63(54)75-66(58)44-67(59)76-65/h1-44H. The van der Waals surface area contributed by atoms with Gasteiger partial charge in [0.05, 0.1) is 16.8 Å². The van der Waals surface area contributed by atoms with Crippen LogP contribution < -0.4 is 9.80 Å². The van der Waals surface area contributed by atoms with Gasteiger partial charge in [0, 0.05) is 75.9 Å². The highest BCUT2D eigenvalue weighted by Gasteiger charge is 2.26. The second-order valence-electron chi connectivity index (χ2n) is 20.0. The van der Waals surface area contributed by atoms with E-state index in [0.29, 0.717) is 0 Å². The van der Waals surface area contributed by atoms with E-state index in [0.717, 1.165) is 106 Å². The van der Waals surface area contributed by atoms with Crippen LogP contribution in [0.5, 0.6) is 0 Å². The number of hydrogen-bond acceptors (Lipinski definition) is 6. The van der Waals surface area contributed by atoms with Gasteiger partial charge in [0.25, 0.3) is 0 Å². The van der Waals surface area contributed by atoms with E-state index >= 15 is 0 Å². The van der Waals surface area contributed by atoms with Gasteiger partial charge in [-0.1, -0.05) is 152 Å². The van der Waals surface area contributed by atoms with Crippen molar-refractivity contribution < 1.29 is 13.3 Å². The van der Waals surface area contributed by atoms with Crippen molar-refractivity contribution in [3.63, 3.8) is 0 Å². The molecule has 0 atom stereocenters. The molecule has 78 heavy (non-hydrogen) atoms. The third kappa shape index (κ3) is 7.15. The Balaban J connectivity index is 0.837. The molecular formula is C72H44N2O3S. The van der Waals surface area contributed by atoms with E-state index in [9.17, 15) is 0 Å². The summed E-state index contributed by atoms with van der Waals surface area (Å²) >= 11 is 1.86. The van der Waals surface area contributed by atoms with Gasteiger partial charge in [0.15, 0.2) is 5.58 Å². The van der Waals surface area contributed by atoms with Crippen LogP contribution in [-0.4, -0.2) is 0 Å². The Labute approximate surface area is 452 Å². The van der Waals surface area contributed by atoms with Crippen LogP contribution in [0.1, 0.15) is 0 Å². The number of rotatable bonds is 9. The smallest absolute Gasteiger partial charge is 0.161 e. The summed E-state index contributed by atoms with van der Waals surface area (Å²) < 4.78 is 22.5. The molecule has 4 aromatic heterocycles. The highest BCUT2D eigenvalue weighted by molar-refractivity contribution is 7.26. The van der Waals surface area contributed by atoms with Crippen LogP contribution in [0.3, 0.4) is 0 Å². The van der Waals surface area contributed by atoms with E-state index in [2.05, 4.69) is 252 Å². The van der Waals surface area contributed by atoms with Gasteiger partial charge in [0.2, 0.25) is 0 Å². The quantitative estimate of drug-likeness (QED) is 0.144. The van der Waals surface area contributed by atoms with Crippen molar-refractivity contribution in [3.05, 3.63) is 267 Å². The van der Waals surface area contributed by atoms with Crippen molar-refractivity contribution in [1.82, 2.24) is 0 Å². The van der Waals surface area contributed by atoms with Crippen molar-refractivity contribution in [1.29, 1.82) is 0 Å². The lowest BCUT2D eigenvalue weighted by molar-refractivity contribution is 0.656. The van der Waals surface area contributed by atoms with Crippen molar-refractivity contribution in [2.24, 2.45) is 0 Å². The predicted octanol–water partition coefficient (Wildman–Crippen LogP) is 21.7. The molecule has 0 unspecified atom stereocenters. The van der Waals surface area contributed by atoms with Crippen LogP contribution in [0.15, 0.2) is 280 Å². The van der Waals surface area contributed by atoms with Crippen molar-refractivity contribution in [2.45, 2.75) is 0 Å². The molecule has 4 heterocycles. The fourth-order valence-electron chi connectivity index (χ4n) is 11.8. The predicted molar refractivity (Wildman–Crippen MR) is 327 cm³/mol. The van der Waals surface area contributed by atoms with Gasteiger partial charge in [-0.05, 0) is 143 Å². The summed E-state index contributed by atoms with van der Waals surface area (Å²) in [6.45, 7) is 0. The first kappa shape index (κ1) is 44.2. The molecule has 12 aromatic carbocycles. The topological polar surface area (TPSA) is 45.9 Å². The van der Waals surface area contributed by atoms with Gasteiger partial charge >= 0.3 is 0 Å². The first-order valence-corrected chi connectivity index (χ1v) is 27.1. The summed E-state index contributed by atoms with van der Waals surface area (Å²) in [5, 5.41) is 8.80. The molecule has 0 saturated carbocycles. The van der Waals surface area contributed by atoms with Crippen LogP contribution >= 0.6 is 11.3 Å². The summed E-state index contributed by atoms with van der Waals surface area (Å²) in [6.07, 6.45) is 0. The summed E-state index contributed by atoms with van der Waals surface area (Å²) in [5.41, 5.74) is 18.0. The minimum absolute atomic E-state index is 0.779. The Morgan fingerprint density at radius 2 is 0.782 bits per heavy atom.